The number of methoxy groups -OCH3 is 1. The van der Waals surface area contributed by atoms with E-state index >= 15 is 0 Å². The number of nitrogens with zero attached hydrogens (tertiary/aromatic N) is 7. The molecule has 0 atom stereocenters. The minimum atomic E-state index is -4.23. The van der Waals surface area contributed by atoms with Gasteiger partial charge in [-0.25, -0.2) is 27.7 Å². The summed E-state index contributed by atoms with van der Waals surface area (Å²) in [5, 5.41) is 7.54. The Kier molecular flexibility index (Phi) is 5.06. The highest BCUT2D eigenvalue weighted by atomic mass is 32.2. The zero-order chi connectivity index (χ0) is 20.6. The molecule has 1 amide bonds. The van der Waals surface area contributed by atoms with Crippen LogP contribution in [0.2, 0.25) is 0 Å². The summed E-state index contributed by atoms with van der Waals surface area (Å²) in [7, 11) is -2.92. The van der Waals surface area contributed by atoms with Gasteiger partial charge in [0, 0.05) is 24.5 Å². The molecular formula is C16H21N7O4S. The van der Waals surface area contributed by atoms with Crippen molar-refractivity contribution >= 4 is 21.5 Å². The molecule has 0 unspecified atom stereocenters. The van der Waals surface area contributed by atoms with Crippen LogP contribution >= 0.6 is 0 Å². The molecule has 3 aromatic heterocycles. The van der Waals surface area contributed by atoms with Crippen molar-refractivity contribution in [2.45, 2.75) is 37.7 Å². The molecule has 0 bridgehead atoms. The summed E-state index contributed by atoms with van der Waals surface area (Å²) in [6.45, 7) is 8.08. The maximum atomic E-state index is 13.2. The molecule has 3 rings (SSSR count). The SMILES string of the molecule is CCN(CC)C(=O)n1cnc(S(=O)(=O)c2c(OC)nn3c(C)cc(C)nc23)n1. The molecule has 0 aliphatic rings. The van der Waals surface area contributed by atoms with E-state index in [9.17, 15) is 13.2 Å². The van der Waals surface area contributed by atoms with Crippen molar-refractivity contribution in [3.05, 3.63) is 23.8 Å². The van der Waals surface area contributed by atoms with E-state index in [2.05, 4.69) is 20.2 Å². The predicted molar refractivity (Wildman–Crippen MR) is 98.2 cm³/mol. The van der Waals surface area contributed by atoms with Crippen molar-refractivity contribution in [2.75, 3.05) is 20.2 Å². The molecule has 0 aromatic carbocycles. The smallest absolute Gasteiger partial charge is 0.346 e. The second-order valence-electron chi connectivity index (χ2n) is 6.04. The fourth-order valence-electron chi connectivity index (χ4n) is 2.84. The number of carbonyl (C=O) groups is 1. The quantitative estimate of drug-likeness (QED) is 0.615. The lowest BCUT2D eigenvalue weighted by atomic mass is 10.3. The molecule has 0 aliphatic heterocycles. The molecule has 0 aliphatic carbocycles. The van der Waals surface area contributed by atoms with Gasteiger partial charge in [0.2, 0.25) is 0 Å². The Morgan fingerprint density at radius 3 is 2.50 bits per heavy atom. The van der Waals surface area contributed by atoms with Gasteiger partial charge in [0.1, 0.15) is 6.33 Å². The first-order valence-corrected chi connectivity index (χ1v) is 10.1. The van der Waals surface area contributed by atoms with Gasteiger partial charge in [0.25, 0.3) is 20.9 Å². The van der Waals surface area contributed by atoms with Crippen LogP contribution in [0, 0.1) is 13.8 Å². The van der Waals surface area contributed by atoms with E-state index in [1.165, 1.54) is 16.5 Å². The second kappa shape index (κ2) is 7.19. The Hall–Kier alpha value is -3.02. The molecule has 3 heterocycles. The number of carbonyl (C=O) groups excluding carboxylic acids is 1. The average Bonchev–Trinajstić information content (AvgIpc) is 3.28. The number of aromatic nitrogens is 6. The van der Waals surface area contributed by atoms with Crippen molar-refractivity contribution in [3.8, 4) is 5.88 Å². The Morgan fingerprint density at radius 2 is 1.89 bits per heavy atom. The zero-order valence-electron chi connectivity index (χ0n) is 16.2. The first-order chi connectivity index (χ1) is 13.2. The topological polar surface area (TPSA) is 125 Å². The summed E-state index contributed by atoms with van der Waals surface area (Å²) in [5.41, 5.74) is 1.43. The van der Waals surface area contributed by atoms with Gasteiger partial charge in [-0.15, -0.1) is 10.2 Å². The van der Waals surface area contributed by atoms with Crippen molar-refractivity contribution < 1.29 is 17.9 Å². The maximum absolute atomic E-state index is 13.2. The standard InChI is InChI=1S/C16H21N7O4S/c1-6-21(7-2)16(24)22-9-17-15(20-22)28(25,26)12-13-18-10(3)8-11(4)23(13)19-14(12)27-5/h8-9H,6-7H2,1-5H3. The van der Waals surface area contributed by atoms with Crippen LogP contribution in [-0.4, -0.2) is 68.9 Å². The van der Waals surface area contributed by atoms with Gasteiger partial charge in [-0.1, -0.05) is 0 Å². The van der Waals surface area contributed by atoms with E-state index in [4.69, 9.17) is 4.74 Å². The molecule has 0 saturated carbocycles. The van der Waals surface area contributed by atoms with Gasteiger partial charge in [0.05, 0.1) is 7.11 Å². The van der Waals surface area contributed by atoms with E-state index in [-0.39, 0.29) is 16.4 Å². The highest BCUT2D eigenvalue weighted by Crippen LogP contribution is 2.31. The summed E-state index contributed by atoms with van der Waals surface area (Å²) in [6.07, 6.45) is 1.08. The summed E-state index contributed by atoms with van der Waals surface area (Å²) < 4.78 is 33.9. The van der Waals surface area contributed by atoms with Gasteiger partial charge >= 0.3 is 6.03 Å². The summed E-state index contributed by atoms with van der Waals surface area (Å²) >= 11 is 0. The van der Waals surface area contributed by atoms with Crippen molar-refractivity contribution in [1.82, 2.24) is 34.3 Å². The third kappa shape index (κ3) is 3.09. The number of rotatable bonds is 5. The second-order valence-corrected chi connectivity index (χ2v) is 7.82. The van der Waals surface area contributed by atoms with Crippen molar-refractivity contribution in [2.24, 2.45) is 0 Å². The predicted octanol–water partition coefficient (Wildman–Crippen LogP) is 1.09. The van der Waals surface area contributed by atoms with Gasteiger partial charge in [-0.2, -0.15) is 4.68 Å². The molecule has 0 N–H and O–H groups in total. The monoisotopic (exact) mass is 407 g/mol. The molecule has 0 radical (unpaired) electrons. The zero-order valence-corrected chi connectivity index (χ0v) is 17.1. The van der Waals surface area contributed by atoms with Crippen molar-refractivity contribution in [1.29, 1.82) is 0 Å². The fourth-order valence-corrected chi connectivity index (χ4v) is 4.13. The molecule has 28 heavy (non-hydrogen) atoms. The van der Waals surface area contributed by atoms with Crippen LogP contribution < -0.4 is 4.74 Å². The van der Waals surface area contributed by atoms with Gasteiger partial charge in [0.15, 0.2) is 10.5 Å². The van der Waals surface area contributed by atoms with Crippen molar-refractivity contribution in [3.63, 3.8) is 0 Å². The molecule has 150 valence electrons. The summed E-state index contributed by atoms with van der Waals surface area (Å²) in [5.74, 6) is -0.118. The molecule has 0 fully saturated rings. The lowest BCUT2D eigenvalue weighted by Crippen LogP contribution is -2.34. The van der Waals surface area contributed by atoms with Crippen LogP contribution in [0.4, 0.5) is 4.79 Å². The third-order valence-electron chi connectivity index (χ3n) is 4.23. The highest BCUT2D eigenvalue weighted by molar-refractivity contribution is 7.91. The van der Waals surface area contributed by atoms with Crippen LogP contribution in [0.15, 0.2) is 22.4 Å². The minimum absolute atomic E-state index is 0.112. The normalized spacial score (nSPS) is 11.8. The lowest BCUT2D eigenvalue weighted by Gasteiger charge is -2.17. The Bertz CT molecular complexity index is 1150. The van der Waals surface area contributed by atoms with Crippen LogP contribution in [0.25, 0.3) is 5.65 Å². The van der Waals surface area contributed by atoms with Crippen LogP contribution in [-0.2, 0) is 9.84 Å². The van der Waals surface area contributed by atoms with Gasteiger partial charge < -0.3 is 9.64 Å². The van der Waals surface area contributed by atoms with E-state index in [1.54, 1.807) is 19.9 Å². The Balaban J connectivity index is 2.16. The number of hydrogen-bond acceptors (Lipinski definition) is 8. The highest BCUT2D eigenvalue weighted by Gasteiger charge is 2.34. The summed E-state index contributed by atoms with van der Waals surface area (Å²) in [6, 6.07) is 1.31. The first-order valence-electron chi connectivity index (χ1n) is 8.61. The molecule has 0 saturated heterocycles. The van der Waals surface area contributed by atoms with Gasteiger partial charge in [-0.05, 0) is 33.8 Å². The minimum Gasteiger partial charge on any atom is -0.479 e. The Labute approximate surface area is 161 Å². The maximum Gasteiger partial charge on any atom is 0.346 e. The van der Waals surface area contributed by atoms with Gasteiger partial charge in [-0.3, -0.25) is 0 Å². The molecule has 12 heteroatoms. The average molecular weight is 407 g/mol. The lowest BCUT2D eigenvalue weighted by molar-refractivity contribution is 0.201. The number of aryl methyl sites for hydroxylation is 2. The number of amides is 1. The number of fused-ring (bicyclic) bond motifs is 1. The molecular weight excluding hydrogens is 386 g/mol. The molecule has 11 nitrogen and oxygen atoms in total. The van der Waals surface area contributed by atoms with E-state index in [0.29, 0.717) is 24.5 Å². The third-order valence-corrected chi connectivity index (χ3v) is 5.79. The molecule has 3 aromatic rings. The van der Waals surface area contributed by atoms with Crippen LogP contribution in [0.1, 0.15) is 25.2 Å². The first kappa shape index (κ1) is 19.7. The van der Waals surface area contributed by atoms with E-state index in [1.807, 2.05) is 13.8 Å². The summed E-state index contributed by atoms with van der Waals surface area (Å²) in [4.78, 5) is 21.8. The largest absolute Gasteiger partial charge is 0.479 e. The number of hydrogen-bond donors (Lipinski definition) is 0. The fraction of sp³-hybridized carbons (Fsp3) is 0.438. The van der Waals surface area contributed by atoms with E-state index in [0.717, 1.165) is 11.0 Å². The number of ether oxygens (including phenoxy) is 1. The van der Waals surface area contributed by atoms with Crippen LogP contribution in [0.3, 0.4) is 0 Å². The Morgan fingerprint density at radius 1 is 1.21 bits per heavy atom. The van der Waals surface area contributed by atoms with Crippen LogP contribution in [0.5, 0.6) is 5.88 Å². The molecule has 0 spiro atoms. The van der Waals surface area contributed by atoms with E-state index < -0.39 is 21.0 Å². The number of sulfone groups is 1.